The van der Waals surface area contributed by atoms with Crippen LogP contribution in [0, 0.1) is 13.8 Å². The van der Waals surface area contributed by atoms with E-state index in [1.165, 1.54) is 0 Å². The lowest BCUT2D eigenvalue weighted by atomic mass is 9.74. The molecule has 1 unspecified atom stereocenters. The molecular formula is C24H25N3O2. The number of dihydropyridines is 1. The number of hydrogen-bond acceptors (Lipinski definition) is 4. The van der Waals surface area contributed by atoms with Gasteiger partial charge in [0.1, 0.15) is 5.82 Å². The van der Waals surface area contributed by atoms with Gasteiger partial charge in [0.25, 0.3) is 5.91 Å². The maximum Gasteiger partial charge on any atom is 0.255 e. The van der Waals surface area contributed by atoms with E-state index in [1.54, 1.807) is 12.3 Å². The van der Waals surface area contributed by atoms with Gasteiger partial charge in [-0.25, -0.2) is 4.98 Å². The molecule has 0 radical (unpaired) electrons. The Bertz CT molecular complexity index is 1050. The second-order valence-corrected chi connectivity index (χ2v) is 7.80. The van der Waals surface area contributed by atoms with E-state index in [-0.39, 0.29) is 17.6 Å². The Morgan fingerprint density at radius 1 is 1.10 bits per heavy atom. The largest absolute Gasteiger partial charge is 0.362 e. The zero-order valence-electron chi connectivity index (χ0n) is 17.0. The first-order valence-corrected chi connectivity index (χ1v) is 9.99. The van der Waals surface area contributed by atoms with Crippen molar-refractivity contribution in [3.63, 3.8) is 0 Å². The van der Waals surface area contributed by atoms with E-state index < -0.39 is 0 Å². The third kappa shape index (κ3) is 3.60. The maximum atomic E-state index is 13.4. The summed E-state index contributed by atoms with van der Waals surface area (Å²) in [5, 5.41) is 6.27. The molecule has 0 fully saturated rings. The van der Waals surface area contributed by atoms with Gasteiger partial charge in [-0.05, 0) is 56.4 Å². The SMILES string of the molecule is CC1=C(C(=O)Nc2ccc(C)cn2)C(c2ccccc2C)C2=C(CCCC2=O)N1. The van der Waals surface area contributed by atoms with Crippen molar-refractivity contribution in [1.82, 2.24) is 10.3 Å². The predicted molar refractivity (Wildman–Crippen MR) is 113 cm³/mol. The van der Waals surface area contributed by atoms with Crippen LogP contribution < -0.4 is 10.6 Å². The van der Waals surface area contributed by atoms with Gasteiger partial charge in [0.2, 0.25) is 0 Å². The fourth-order valence-corrected chi connectivity index (χ4v) is 4.23. The summed E-state index contributed by atoms with van der Waals surface area (Å²) in [6.07, 6.45) is 3.92. The summed E-state index contributed by atoms with van der Waals surface area (Å²) < 4.78 is 0. The van der Waals surface area contributed by atoms with Gasteiger partial charge in [-0.3, -0.25) is 9.59 Å². The maximum absolute atomic E-state index is 13.4. The first-order chi connectivity index (χ1) is 14.0. The monoisotopic (exact) mass is 387 g/mol. The Kier molecular flexibility index (Phi) is 5.05. The lowest BCUT2D eigenvalue weighted by Crippen LogP contribution is -2.35. The topological polar surface area (TPSA) is 71.1 Å². The van der Waals surface area contributed by atoms with Gasteiger partial charge in [-0.15, -0.1) is 0 Å². The number of amides is 1. The Balaban J connectivity index is 1.80. The smallest absolute Gasteiger partial charge is 0.255 e. The normalized spacial score (nSPS) is 19.0. The number of allylic oxidation sites excluding steroid dienone is 3. The fourth-order valence-electron chi connectivity index (χ4n) is 4.23. The number of anilines is 1. The summed E-state index contributed by atoms with van der Waals surface area (Å²) in [6.45, 7) is 5.89. The summed E-state index contributed by atoms with van der Waals surface area (Å²) in [5.41, 5.74) is 6.15. The van der Waals surface area contributed by atoms with Gasteiger partial charge in [-0.2, -0.15) is 0 Å². The Labute approximate surface area is 170 Å². The molecule has 1 aliphatic carbocycles. The molecule has 29 heavy (non-hydrogen) atoms. The molecule has 1 amide bonds. The molecule has 1 aromatic heterocycles. The number of aryl methyl sites for hydroxylation is 2. The Morgan fingerprint density at radius 3 is 2.62 bits per heavy atom. The van der Waals surface area contributed by atoms with Crippen LogP contribution in [0.1, 0.15) is 48.8 Å². The molecule has 2 aliphatic rings. The summed E-state index contributed by atoms with van der Waals surface area (Å²) in [4.78, 5) is 30.6. The number of hydrogen-bond donors (Lipinski definition) is 2. The average molecular weight is 387 g/mol. The minimum absolute atomic E-state index is 0.123. The Hall–Kier alpha value is -3.21. The number of pyridine rings is 1. The second kappa shape index (κ2) is 7.66. The van der Waals surface area contributed by atoms with Crippen LogP contribution in [0.15, 0.2) is 65.1 Å². The van der Waals surface area contributed by atoms with E-state index in [2.05, 4.69) is 15.6 Å². The van der Waals surface area contributed by atoms with Crippen molar-refractivity contribution in [2.24, 2.45) is 0 Å². The summed E-state index contributed by atoms with van der Waals surface area (Å²) in [5.74, 6) is 0.0210. The lowest BCUT2D eigenvalue weighted by Gasteiger charge is -2.35. The standard InChI is InChI=1S/C24H25N3O2/c1-14-11-12-20(25-13-14)27-24(29)21-16(3)26-18-9-6-10-19(28)23(18)22(21)17-8-5-4-7-15(17)2/h4-5,7-8,11-13,22,26H,6,9-10H2,1-3H3,(H,25,27,29). The molecule has 0 saturated carbocycles. The zero-order valence-corrected chi connectivity index (χ0v) is 17.0. The van der Waals surface area contributed by atoms with Gasteiger partial charge in [0, 0.05) is 41.1 Å². The lowest BCUT2D eigenvalue weighted by molar-refractivity contribution is -0.116. The first-order valence-electron chi connectivity index (χ1n) is 9.99. The molecule has 1 aliphatic heterocycles. The van der Waals surface area contributed by atoms with Crippen LogP contribution in [0.25, 0.3) is 0 Å². The number of Topliss-reactive ketones (excluding diaryl/α,β-unsaturated/α-hetero) is 1. The average Bonchev–Trinajstić information content (AvgIpc) is 2.69. The first kappa shape index (κ1) is 19.1. The number of ketones is 1. The molecule has 0 saturated heterocycles. The highest BCUT2D eigenvalue weighted by atomic mass is 16.2. The van der Waals surface area contributed by atoms with Gasteiger partial charge >= 0.3 is 0 Å². The minimum Gasteiger partial charge on any atom is -0.362 e. The summed E-state index contributed by atoms with van der Waals surface area (Å²) in [6, 6.07) is 11.7. The van der Waals surface area contributed by atoms with Gasteiger partial charge < -0.3 is 10.6 Å². The van der Waals surface area contributed by atoms with E-state index in [0.29, 0.717) is 17.8 Å². The van der Waals surface area contributed by atoms with Crippen LogP contribution in [0.5, 0.6) is 0 Å². The third-order valence-electron chi connectivity index (χ3n) is 5.67. The minimum atomic E-state index is -0.370. The molecule has 5 heteroatoms. The summed E-state index contributed by atoms with van der Waals surface area (Å²) in [7, 11) is 0. The fraction of sp³-hybridized carbons (Fsp3) is 0.292. The Morgan fingerprint density at radius 2 is 1.90 bits per heavy atom. The highest BCUT2D eigenvalue weighted by Crippen LogP contribution is 2.43. The molecule has 2 N–H and O–H groups in total. The summed E-state index contributed by atoms with van der Waals surface area (Å²) >= 11 is 0. The van der Waals surface area contributed by atoms with Crippen LogP contribution >= 0.6 is 0 Å². The van der Waals surface area contributed by atoms with Gasteiger partial charge in [0.05, 0.1) is 0 Å². The van der Waals surface area contributed by atoms with Crippen molar-refractivity contribution in [2.45, 2.75) is 46.0 Å². The number of carbonyl (C=O) groups is 2. The van der Waals surface area contributed by atoms with Crippen LogP contribution in [0.4, 0.5) is 5.82 Å². The van der Waals surface area contributed by atoms with Crippen molar-refractivity contribution in [2.75, 3.05) is 5.32 Å². The van der Waals surface area contributed by atoms with Gasteiger partial charge in [0.15, 0.2) is 5.78 Å². The number of rotatable bonds is 3. The third-order valence-corrected chi connectivity index (χ3v) is 5.67. The van der Waals surface area contributed by atoms with E-state index in [9.17, 15) is 9.59 Å². The van der Waals surface area contributed by atoms with Crippen molar-refractivity contribution in [3.05, 3.63) is 81.8 Å². The van der Waals surface area contributed by atoms with Crippen molar-refractivity contribution in [3.8, 4) is 0 Å². The predicted octanol–water partition coefficient (Wildman–Crippen LogP) is 4.31. The van der Waals surface area contributed by atoms with Crippen molar-refractivity contribution >= 4 is 17.5 Å². The number of nitrogens with zero attached hydrogens (tertiary/aromatic N) is 1. The molecule has 0 bridgehead atoms. The van der Waals surface area contributed by atoms with Crippen molar-refractivity contribution < 1.29 is 9.59 Å². The molecule has 148 valence electrons. The van der Waals surface area contributed by atoms with E-state index in [4.69, 9.17) is 0 Å². The molecular weight excluding hydrogens is 362 g/mol. The van der Waals surface area contributed by atoms with E-state index in [0.717, 1.165) is 46.5 Å². The molecule has 1 aromatic carbocycles. The highest BCUT2D eigenvalue weighted by Gasteiger charge is 2.38. The number of nitrogens with one attached hydrogen (secondary N) is 2. The number of aromatic nitrogens is 1. The zero-order chi connectivity index (χ0) is 20.5. The van der Waals surface area contributed by atoms with E-state index in [1.807, 2.05) is 51.1 Å². The van der Waals surface area contributed by atoms with Gasteiger partial charge in [-0.1, -0.05) is 30.3 Å². The van der Waals surface area contributed by atoms with Crippen LogP contribution in [0.3, 0.4) is 0 Å². The molecule has 1 atom stereocenters. The number of benzene rings is 1. The molecule has 5 nitrogen and oxygen atoms in total. The second-order valence-electron chi connectivity index (χ2n) is 7.80. The molecule has 2 aromatic rings. The molecule has 2 heterocycles. The molecule has 4 rings (SSSR count). The number of carbonyl (C=O) groups excluding carboxylic acids is 2. The van der Waals surface area contributed by atoms with E-state index >= 15 is 0 Å². The van der Waals surface area contributed by atoms with Crippen LogP contribution in [-0.2, 0) is 9.59 Å². The highest BCUT2D eigenvalue weighted by molar-refractivity contribution is 6.09. The van der Waals surface area contributed by atoms with Crippen LogP contribution in [0.2, 0.25) is 0 Å². The quantitative estimate of drug-likeness (QED) is 0.823. The van der Waals surface area contributed by atoms with Crippen molar-refractivity contribution in [1.29, 1.82) is 0 Å². The van der Waals surface area contributed by atoms with Crippen LogP contribution in [-0.4, -0.2) is 16.7 Å². The molecule has 0 spiro atoms.